The molecule has 76 valence electrons. The molecule has 0 heterocycles. The molecule has 14 heavy (non-hydrogen) atoms. The molecule has 0 bridgehead atoms. The molecule has 0 aromatic heterocycles. The van der Waals surface area contributed by atoms with Crippen LogP contribution in [0.3, 0.4) is 0 Å². The molecule has 0 radical (unpaired) electrons. The number of nitrogens with one attached hydrogen (secondary N) is 1. The first-order chi connectivity index (χ1) is 5.56. The van der Waals surface area contributed by atoms with Crippen LogP contribution in [0.1, 0.15) is 0 Å². The molecule has 0 fully saturated rings. The van der Waals surface area contributed by atoms with Crippen molar-refractivity contribution in [2.45, 2.75) is 4.90 Å². The Balaban J connectivity index is 0. The predicted molar refractivity (Wildman–Crippen MR) is 51.9 cm³/mol. The van der Waals surface area contributed by atoms with Crippen molar-refractivity contribution in [2.24, 2.45) is 0 Å². The summed E-state index contributed by atoms with van der Waals surface area (Å²) in [4.78, 5) is 0.185. The summed E-state index contributed by atoms with van der Waals surface area (Å²) in [6.45, 7) is 0. The van der Waals surface area contributed by atoms with Crippen molar-refractivity contribution in [2.75, 3.05) is 7.05 Å². The first-order valence-corrected chi connectivity index (χ1v) is 4.83. The molecule has 0 amide bonds. The van der Waals surface area contributed by atoms with Crippen LogP contribution < -0.4 is 10.2 Å². The van der Waals surface area contributed by atoms with Gasteiger partial charge in [0.2, 0.25) is 0 Å². The van der Waals surface area contributed by atoms with E-state index in [0.717, 1.165) is 0 Å². The molecular formula is C7H10BNO4S. The molecule has 1 rings (SSSR count). The Hall–Kier alpha value is -0.885. The minimum absolute atomic E-state index is 0. The van der Waals surface area contributed by atoms with E-state index < -0.39 is 10.0 Å². The second kappa shape index (κ2) is 5.76. The van der Waals surface area contributed by atoms with Crippen molar-refractivity contribution in [3.05, 3.63) is 24.3 Å². The molecule has 0 spiro atoms. The molecule has 1 aromatic carbocycles. The minimum Gasteiger partial charge on any atom is -0.870 e. The van der Waals surface area contributed by atoms with E-state index >= 15 is 0 Å². The molecule has 0 atom stereocenters. The van der Waals surface area contributed by atoms with Gasteiger partial charge in [-0.2, -0.15) is 0 Å². The van der Waals surface area contributed by atoms with Crippen molar-refractivity contribution in [1.29, 1.82) is 0 Å². The Labute approximate surface area is 84.2 Å². The summed E-state index contributed by atoms with van der Waals surface area (Å²) in [7, 11) is 3.43. The molecule has 5 nitrogen and oxygen atoms in total. The Morgan fingerprint density at radius 1 is 1.29 bits per heavy atom. The van der Waals surface area contributed by atoms with E-state index in [-0.39, 0.29) is 15.8 Å². The molecule has 1 aromatic rings. The maximum atomic E-state index is 11.2. The first-order valence-electron chi connectivity index (χ1n) is 3.35. The molecule has 3 N–H and O–H groups in total. The maximum Gasteiger partial charge on any atom is -0.870 e. The van der Waals surface area contributed by atoms with Crippen molar-refractivity contribution in [1.82, 2.24) is 4.72 Å². The largest absolute Gasteiger partial charge is 0.870 e. The molecule has 0 aliphatic heterocycles. The SMILES string of the molecule is [B+2]c1cccc(S(=O)(=O)NC)c1.[OH-].[OH-]. The summed E-state index contributed by atoms with van der Waals surface area (Å²) in [5.74, 6) is 0. The van der Waals surface area contributed by atoms with E-state index in [2.05, 4.69) is 4.72 Å². The van der Waals surface area contributed by atoms with Crippen LogP contribution in [0.4, 0.5) is 0 Å². The van der Waals surface area contributed by atoms with Gasteiger partial charge in [0.05, 0.1) is 0 Å². The number of hydrogen-bond acceptors (Lipinski definition) is 4. The topological polar surface area (TPSA) is 106 Å². The Kier molecular flexibility index (Phi) is 6.41. The van der Waals surface area contributed by atoms with Crippen LogP contribution in [0.5, 0.6) is 0 Å². The summed E-state index contributed by atoms with van der Waals surface area (Å²) < 4.78 is 24.6. The van der Waals surface area contributed by atoms with Crippen LogP contribution in [0, 0.1) is 0 Å². The van der Waals surface area contributed by atoms with Crippen molar-refractivity contribution >= 4 is 23.3 Å². The molecule has 7 heteroatoms. The van der Waals surface area contributed by atoms with Gasteiger partial charge >= 0.3 is 72.7 Å². The van der Waals surface area contributed by atoms with E-state index in [0.29, 0.717) is 5.46 Å². The average molecular weight is 215 g/mol. The normalized spacial score (nSPS) is 9.93. The first kappa shape index (κ1) is 15.6. The monoisotopic (exact) mass is 215 g/mol. The van der Waals surface area contributed by atoms with Gasteiger partial charge in [-0.15, -0.1) is 0 Å². The smallest absolute Gasteiger partial charge is 0.870 e. The zero-order valence-electron chi connectivity index (χ0n) is 7.51. The van der Waals surface area contributed by atoms with Gasteiger partial charge in [-0.25, -0.2) is 0 Å². The molecule has 0 saturated heterocycles. The number of rotatable bonds is 2. The number of benzene rings is 1. The fourth-order valence-electron chi connectivity index (χ4n) is 0.800. The van der Waals surface area contributed by atoms with Gasteiger partial charge in [0, 0.05) is 0 Å². The zero-order chi connectivity index (χ0) is 9.19. The molecule has 0 saturated carbocycles. The predicted octanol–water partition coefficient (Wildman–Crippen LogP) is -0.965. The second-order valence-corrected chi connectivity index (χ2v) is 4.17. The van der Waals surface area contributed by atoms with Gasteiger partial charge in [-0.05, 0) is 0 Å². The third-order valence-corrected chi connectivity index (χ3v) is 2.85. The summed E-state index contributed by atoms with van der Waals surface area (Å²) in [6.07, 6.45) is 0. The minimum atomic E-state index is -3.35. The Morgan fingerprint density at radius 2 is 1.86 bits per heavy atom. The molecule has 0 aliphatic carbocycles. The Morgan fingerprint density at radius 3 is 2.29 bits per heavy atom. The molecule has 0 unspecified atom stereocenters. The molecule has 0 aliphatic rings. The summed E-state index contributed by atoms with van der Waals surface area (Å²) in [5.41, 5.74) is 0.436. The summed E-state index contributed by atoms with van der Waals surface area (Å²) in [6, 6.07) is 6.13. The zero-order valence-corrected chi connectivity index (χ0v) is 8.32. The summed E-state index contributed by atoms with van der Waals surface area (Å²) >= 11 is 0. The second-order valence-electron chi connectivity index (χ2n) is 2.28. The van der Waals surface area contributed by atoms with Crippen LogP contribution in [0.15, 0.2) is 29.2 Å². The van der Waals surface area contributed by atoms with E-state index in [4.69, 9.17) is 7.85 Å². The number of sulfonamides is 1. The third kappa shape index (κ3) is 3.47. The standard InChI is InChI=1S/C7H8BNO2S.2H2O/c1-9-12(10,11)7-4-2-3-6(8)5-7;;/h2-5,9H,1H3;2*1H2/q+2;;/p-2. The van der Waals surface area contributed by atoms with Gasteiger partial charge in [0.25, 0.3) is 0 Å². The van der Waals surface area contributed by atoms with Crippen LogP contribution in [-0.4, -0.2) is 34.3 Å². The maximum absolute atomic E-state index is 11.2. The van der Waals surface area contributed by atoms with Gasteiger partial charge in [0.1, 0.15) is 0 Å². The van der Waals surface area contributed by atoms with Gasteiger partial charge in [-0.3, -0.25) is 0 Å². The van der Waals surface area contributed by atoms with Crippen LogP contribution >= 0.6 is 0 Å². The molecular weight excluding hydrogens is 205 g/mol. The van der Waals surface area contributed by atoms with E-state index in [1.165, 1.54) is 19.2 Å². The van der Waals surface area contributed by atoms with E-state index in [9.17, 15) is 8.42 Å². The van der Waals surface area contributed by atoms with Crippen molar-refractivity contribution in [3.63, 3.8) is 0 Å². The Bertz CT molecular complexity index is 379. The third-order valence-electron chi connectivity index (χ3n) is 1.44. The van der Waals surface area contributed by atoms with Crippen LogP contribution in [-0.2, 0) is 10.0 Å². The van der Waals surface area contributed by atoms with E-state index in [1.807, 2.05) is 0 Å². The van der Waals surface area contributed by atoms with Gasteiger partial charge < -0.3 is 11.0 Å². The van der Waals surface area contributed by atoms with Crippen molar-refractivity contribution in [3.8, 4) is 0 Å². The van der Waals surface area contributed by atoms with Crippen molar-refractivity contribution < 1.29 is 19.4 Å². The van der Waals surface area contributed by atoms with Gasteiger partial charge in [0.15, 0.2) is 0 Å². The summed E-state index contributed by atoms with van der Waals surface area (Å²) in [5, 5.41) is 0. The van der Waals surface area contributed by atoms with Crippen LogP contribution in [0.25, 0.3) is 0 Å². The quantitative estimate of drug-likeness (QED) is 0.640. The van der Waals surface area contributed by atoms with Gasteiger partial charge in [-0.1, -0.05) is 0 Å². The van der Waals surface area contributed by atoms with E-state index in [1.54, 1.807) is 12.1 Å². The number of hydrogen-bond donors (Lipinski definition) is 1. The fraction of sp³-hybridized carbons (Fsp3) is 0.143. The van der Waals surface area contributed by atoms with Crippen LogP contribution in [0.2, 0.25) is 0 Å². The fourth-order valence-corrected chi connectivity index (χ4v) is 1.58. The average Bonchev–Trinajstić information content (AvgIpc) is 2.05.